The summed E-state index contributed by atoms with van der Waals surface area (Å²) in [6.07, 6.45) is 1.60. The molecule has 9 heteroatoms. The van der Waals surface area contributed by atoms with Crippen LogP contribution in [0.2, 0.25) is 0 Å². The molecule has 7 nitrogen and oxygen atoms in total. The van der Waals surface area contributed by atoms with Crippen LogP contribution < -0.4 is 0 Å². The minimum atomic E-state index is -3.73. The first kappa shape index (κ1) is 15.9. The Bertz CT molecular complexity index is 924. The highest BCUT2D eigenvalue weighted by Crippen LogP contribution is 2.34. The topological polar surface area (TPSA) is 83.5 Å². The molecule has 3 aliphatic rings. The highest BCUT2D eigenvalue weighted by Gasteiger charge is 2.43. The average molecular weight is 366 g/mol. The molecule has 5 rings (SSSR count). The molecular weight excluding hydrogens is 348 g/mol. The van der Waals surface area contributed by atoms with E-state index in [9.17, 15) is 13.2 Å². The van der Waals surface area contributed by atoms with Crippen molar-refractivity contribution in [2.45, 2.75) is 30.7 Å². The van der Waals surface area contributed by atoms with Crippen LogP contribution >= 0.6 is 11.7 Å². The molecule has 0 saturated carbocycles. The van der Waals surface area contributed by atoms with Crippen molar-refractivity contribution in [1.29, 1.82) is 0 Å². The molecule has 4 heterocycles. The van der Waals surface area contributed by atoms with Crippen LogP contribution in [0, 0.1) is 12.8 Å². The van der Waals surface area contributed by atoms with Crippen LogP contribution in [0.25, 0.3) is 11.0 Å². The highest BCUT2D eigenvalue weighted by molar-refractivity contribution is 7.89. The van der Waals surface area contributed by atoms with E-state index < -0.39 is 10.0 Å². The van der Waals surface area contributed by atoms with Gasteiger partial charge in [-0.3, -0.25) is 4.79 Å². The van der Waals surface area contributed by atoms with Crippen LogP contribution in [0.1, 0.15) is 18.4 Å². The average Bonchev–Trinajstić information content (AvgIpc) is 2.83. The number of fused-ring (bicyclic) bond motifs is 5. The molecule has 2 atom stereocenters. The number of hydrogen-bond acceptors (Lipinski definition) is 6. The van der Waals surface area contributed by atoms with Gasteiger partial charge in [-0.2, -0.15) is 13.1 Å². The Labute approximate surface area is 144 Å². The molecule has 1 aromatic heterocycles. The van der Waals surface area contributed by atoms with Gasteiger partial charge in [-0.05, 0) is 31.4 Å². The van der Waals surface area contributed by atoms with Crippen molar-refractivity contribution in [3.05, 3.63) is 17.7 Å². The lowest BCUT2D eigenvalue weighted by Crippen LogP contribution is -2.45. The molecule has 0 radical (unpaired) electrons. The van der Waals surface area contributed by atoms with Gasteiger partial charge in [0.25, 0.3) is 0 Å². The Kier molecular flexibility index (Phi) is 3.63. The fraction of sp³-hybridized carbons (Fsp3) is 0.533. The number of carbonyl (C=O) groups excluding carboxylic acids is 1. The van der Waals surface area contributed by atoms with E-state index in [1.807, 2.05) is 0 Å². The standard InChI is InChI=1S/C15H18N4O3S2/c1-9-3-6-12-13(17-23-16-12)14(9)24(21,22)19-7-10-4-5-11(8-19)18(2)15(10)20/h3,6,10-11H,4-5,7-8H2,1-2H3/t10-,11+/m1/s1. The molecule has 0 spiro atoms. The van der Waals surface area contributed by atoms with Gasteiger partial charge in [0.1, 0.15) is 15.9 Å². The first-order valence-corrected chi connectivity index (χ1v) is 10.1. The molecule has 24 heavy (non-hydrogen) atoms. The van der Waals surface area contributed by atoms with Gasteiger partial charge in [0.2, 0.25) is 15.9 Å². The normalized spacial score (nSPS) is 25.4. The second-order valence-electron chi connectivity index (χ2n) is 6.54. The van der Waals surface area contributed by atoms with Crippen molar-refractivity contribution in [2.24, 2.45) is 5.92 Å². The van der Waals surface area contributed by atoms with Crippen molar-refractivity contribution in [3.63, 3.8) is 0 Å². The zero-order chi connectivity index (χ0) is 17.1. The van der Waals surface area contributed by atoms with Crippen molar-refractivity contribution < 1.29 is 13.2 Å². The number of hydrogen-bond donors (Lipinski definition) is 0. The molecular formula is C15H18N4O3S2. The Morgan fingerprint density at radius 3 is 2.79 bits per heavy atom. The predicted molar refractivity (Wildman–Crippen MR) is 90.2 cm³/mol. The van der Waals surface area contributed by atoms with Gasteiger partial charge in [0.15, 0.2) is 0 Å². The highest BCUT2D eigenvalue weighted by atomic mass is 32.2. The number of piperidine rings is 1. The SMILES string of the molecule is Cc1ccc2nsnc2c1S(=O)(=O)N1C[C@H]2CC[C@@H](C1)N(C)C2=O. The van der Waals surface area contributed by atoms with Gasteiger partial charge in [0, 0.05) is 26.2 Å². The van der Waals surface area contributed by atoms with Crippen molar-refractivity contribution in [1.82, 2.24) is 18.0 Å². The molecule has 0 aliphatic carbocycles. The van der Waals surface area contributed by atoms with Gasteiger partial charge >= 0.3 is 0 Å². The van der Waals surface area contributed by atoms with Crippen LogP contribution in [-0.2, 0) is 14.8 Å². The number of nitrogens with zero attached hydrogens (tertiary/aromatic N) is 4. The minimum Gasteiger partial charge on any atom is -0.341 e. The number of rotatable bonds is 2. The number of likely N-dealkylation sites (N-methyl/N-ethyl adjacent to an activating group) is 1. The number of benzene rings is 1. The van der Waals surface area contributed by atoms with Crippen molar-refractivity contribution in [3.8, 4) is 0 Å². The monoisotopic (exact) mass is 366 g/mol. The van der Waals surface area contributed by atoms with Crippen LogP contribution in [0.15, 0.2) is 17.0 Å². The quantitative estimate of drug-likeness (QED) is 0.798. The van der Waals surface area contributed by atoms with Gasteiger partial charge < -0.3 is 4.90 Å². The maximum atomic E-state index is 13.3. The van der Waals surface area contributed by atoms with E-state index in [2.05, 4.69) is 8.75 Å². The number of aromatic nitrogens is 2. The molecule has 2 bridgehead atoms. The summed E-state index contributed by atoms with van der Waals surface area (Å²) in [6, 6.07) is 3.50. The number of amides is 1. The summed E-state index contributed by atoms with van der Waals surface area (Å²) < 4.78 is 36.5. The molecule has 2 aromatic rings. The maximum absolute atomic E-state index is 13.3. The lowest BCUT2D eigenvalue weighted by atomic mass is 9.95. The molecule has 0 unspecified atom stereocenters. The molecule has 1 amide bonds. The first-order chi connectivity index (χ1) is 11.4. The van der Waals surface area contributed by atoms with Crippen LogP contribution in [0.3, 0.4) is 0 Å². The number of aryl methyl sites for hydroxylation is 1. The van der Waals surface area contributed by atoms with Gasteiger partial charge in [0.05, 0.1) is 17.6 Å². The molecule has 0 N–H and O–H groups in total. The predicted octanol–water partition coefficient (Wildman–Crippen LogP) is 1.24. The van der Waals surface area contributed by atoms with Crippen molar-refractivity contribution in [2.75, 3.05) is 20.1 Å². The van der Waals surface area contributed by atoms with E-state index in [4.69, 9.17) is 0 Å². The van der Waals surface area contributed by atoms with Crippen LogP contribution in [0.4, 0.5) is 0 Å². The lowest BCUT2D eigenvalue weighted by Gasteiger charge is -2.32. The van der Waals surface area contributed by atoms with E-state index in [0.29, 0.717) is 23.1 Å². The van der Waals surface area contributed by atoms with Gasteiger partial charge in [-0.25, -0.2) is 8.42 Å². The second kappa shape index (κ2) is 5.47. The number of carbonyl (C=O) groups is 1. The fourth-order valence-electron chi connectivity index (χ4n) is 3.70. The zero-order valence-electron chi connectivity index (χ0n) is 13.5. The van der Waals surface area contributed by atoms with Crippen LogP contribution in [-0.4, -0.2) is 58.5 Å². The van der Waals surface area contributed by atoms with Crippen molar-refractivity contribution >= 4 is 38.7 Å². The summed E-state index contributed by atoms with van der Waals surface area (Å²) in [7, 11) is -1.96. The maximum Gasteiger partial charge on any atom is 0.245 e. The van der Waals surface area contributed by atoms with E-state index >= 15 is 0 Å². The Morgan fingerprint density at radius 1 is 1.21 bits per heavy atom. The molecule has 3 aliphatic heterocycles. The summed E-state index contributed by atoms with van der Waals surface area (Å²) in [4.78, 5) is 14.3. The summed E-state index contributed by atoms with van der Waals surface area (Å²) in [5, 5.41) is 0. The summed E-state index contributed by atoms with van der Waals surface area (Å²) in [6.45, 7) is 2.36. The zero-order valence-corrected chi connectivity index (χ0v) is 15.1. The molecule has 128 valence electrons. The third-order valence-corrected chi connectivity index (χ3v) is 7.66. The summed E-state index contributed by atoms with van der Waals surface area (Å²) in [5.41, 5.74) is 1.68. The van der Waals surface area contributed by atoms with E-state index in [-0.39, 0.29) is 29.3 Å². The lowest BCUT2D eigenvalue weighted by molar-refractivity contribution is -0.138. The van der Waals surface area contributed by atoms with E-state index in [0.717, 1.165) is 24.6 Å². The Hall–Kier alpha value is -1.58. The smallest absolute Gasteiger partial charge is 0.245 e. The summed E-state index contributed by atoms with van der Waals surface area (Å²) >= 11 is 1.01. The molecule has 3 fully saturated rings. The molecule has 3 saturated heterocycles. The summed E-state index contributed by atoms with van der Waals surface area (Å²) in [5.74, 6) is -0.203. The van der Waals surface area contributed by atoms with Gasteiger partial charge in [-0.1, -0.05) is 6.07 Å². The largest absolute Gasteiger partial charge is 0.341 e. The van der Waals surface area contributed by atoms with E-state index in [1.165, 1.54) is 4.31 Å². The molecule has 1 aromatic carbocycles. The fourth-order valence-corrected chi connectivity index (χ4v) is 6.17. The third-order valence-electron chi connectivity index (χ3n) is 5.11. The first-order valence-electron chi connectivity index (χ1n) is 7.88. The Balaban J connectivity index is 1.82. The van der Waals surface area contributed by atoms with Gasteiger partial charge in [-0.15, -0.1) is 0 Å². The Morgan fingerprint density at radius 2 is 2.00 bits per heavy atom. The van der Waals surface area contributed by atoms with E-state index in [1.54, 1.807) is 31.0 Å². The minimum absolute atomic E-state index is 0.0502. The number of sulfonamides is 1. The third kappa shape index (κ3) is 2.26. The second-order valence-corrected chi connectivity index (χ2v) is 8.95. The van der Waals surface area contributed by atoms with Crippen LogP contribution in [0.5, 0.6) is 0 Å².